The Bertz CT molecular complexity index is 586. The van der Waals surface area contributed by atoms with E-state index in [0.29, 0.717) is 31.1 Å². The van der Waals surface area contributed by atoms with E-state index in [9.17, 15) is 4.79 Å². The molecule has 0 spiro atoms. The lowest BCUT2D eigenvalue weighted by Gasteiger charge is -2.50. The average molecular weight is 350 g/mol. The van der Waals surface area contributed by atoms with Crippen molar-refractivity contribution in [2.45, 2.75) is 32.3 Å². The lowest BCUT2D eigenvalue weighted by Crippen LogP contribution is -2.58. The first-order valence-electron chi connectivity index (χ1n) is 9.19. The minimum absolute atomic E-state index is 0.0583. The van der Waals surface area contributed by atoms with Crippen LogP contribution in [-0.2, 0) is 9.47 Å². The number of likely N-dealkylation sites (tertiary alicyclic amines) is 1. The maximum absolute atomic E-state index is 12.9. The van der Waals surface area contributed by atoms with Crippen molar-refractivity contribution < 1.29 is 18.7 Å². The average Bonchev–Trinajstić information content (AvgIpc) is 3.03. The highest BCUT2D eigenvalue weighted by Gasteiger charge is 2.47. The molecule has 2 fully saturated rings. The van der Waals surface area contributed by atoms with Gasteiger partial charge in [-0.1, -0.05) is 0 Å². The molecule has 6 heteroatoms. The van der Waals surface area contributed by atoms with E-state index in [2.05, 4.69) is 4.90 Å². The fourth-order valence-electron chi connectivity index (χ4n) is 3.97. The van der Waals surface area contributed by atoms with E-state index in [1.165, 1.54) is 0 Å². The number of rotatable bonds is 6. The molecule has 1 amide bonds. The van der Waals surface area contributed by atoms with Gasteiger partial charge in [-0.05, 0) is 46.3 Å². The molecule has 0 aromatic carbocycles. The van der Waals surface area contributed by atoms with Gasteiger partial charge in [-0.25, -0.2) is 0 Å². The number of fused-ring (bicyclic) bond motifs is 1. The van der Waals surface area contributed by atoms with Crippen LogP contribution in [0.1, 0.15) is 35.4 Å². The van der Waals surface area contributed by atoms with E-state index < -0.39 is 0 Å². The van der Waals surface area contributed by atoms with Crippen LogP contribution in [0.15, 0.2) is 16.7 Å². The Balaban J connectivity index is 1.68. The Morgan fingerprint density at radius 3 is 3.04 bits per heavy atom. The Labute approximate surface area is 150 Å². The minimum atomic E-state index is -0.0872. The van der Waals surface area contributed by atoms with Gasteiger partial charge in [0, 0.05) is 31.7 Å². The van der Waals surface area contributed by atoms with E-state index >= 15 is 0 Å². The molecule has 0 aliphatic carbocycles. The molecule has 3 heterocycles. The molecule has 25 heavy (non-hydrogen) atoms. The molecular weight excluding hydrogens is 320 g/mol. The van der Waals surface area contributed by atoms with Crippen molar-refractivity contribution in [3.63, 3.8) is 0 Å². The number of likely N-dealkylation sites (N-methyl/N-ethyl adjacent to an activating group) is 1. The number of nitrogens with zero attached hydrogens (tertiary/aromatic N) is 2. The monoisotopic (exact) mass is 350 g/mol. The zero-order valence-corrected chi connectivity index (χ0v) is 15.6. The summed E-state index contributed by atoms with van der Waals surface area (Å²) in [5, 5.41) is 0. The van der Waals surface area contributed by atoms with Gasteiger partial charge in [-0.15, -0.1) is 0 Å². The zero-order valence-electron chi connectivity index (χ0n) is 15.6. The standard InChI is InChI=1S/C19H30N2O4/c1-15-16(6-11-24-15)18(22)21-8-5-17-19(13-21,7-4-10-25-17)14-23-12-9-20(2)3/h6,11,17H,4-5,7-10,12-14H2,1-3H3/t17-,19-/m1/s1. The first kappa shape index (κ1) is 18.4. The molecule has 1 aromatic rings. The summed E-state index contributed by atoms with van der Waals surface area (Å²) >= 11 is 0. The molecule has 1 aromatic heterocycles. The molecule has 0 bridgehead atoms. The summed E-state index contributed by atoms with van der Waals surface area (Å²) in [5.74, 6) is 0.742. The summed E-state index contributed by atoms with van der Waals surface area (Å²) in [6, 6.07) is 1.77. The summed E-state index contributed by atoms with van der Waals surface area (Å²) in [5.41, 5.74) is 0.578. The van der Waals surface area contributed by atoms with Crippen LogP contribution < -0.4 is 0 Å². The number of furan rings is 1. The second kappa shape index (κ2) is 7.89. The third kappa shape index (κ3) is 4.07. The van der Waals surface area contributed by atoms with Gasteiger partial charge in [0.1, 0.15) is 5.76 Å². The van der Waals surface area contributed by atoms with E-state index in [1.54, 1.807) is 12.3 Å². The third-order valence-electron chi connectivity index (χ3n) is 5.44. The smallest absolute Gasteiger partial charge is 0.257 e. The fourth-order valence-corrected chi connectivity index (χ4v) is 3.97. The third-order valence-corrected chi connectivity index (χ3v) is 5.44. The van der Waals surface area contributed by atoms with E-state index in [-0.39, 0.29) is 17.4 Å². The van der Waals surface area contributed by atoms with Crippen LogP contribution in [-0.4, -0.2) is 75.4 Å². The topological polar surface area (TPSA) is 55.2 Å². The summed E-state index contributed by atoms with van der Waals surface area (Å²) in [6.45, 7) is 6.34. The van der Waals surface area contributed by atoms with Gasteiger partial charge in [0.25, 0.3) is 5.91 Å². The molecule has 0 radical (unpaired) electrons. The first-order valence-corrected chi connectivity index (χ1v) is 9.19. The summed E-state index contributed by atoms with van der Waals surface area (Å²) in [7, 11) is 4.09. The number of aryl methyl sites for hydroxylation is 1. The number of carbonyl (C=O) groups is 1. The SMILES string of the molecule is Cc1occc1C(=O)N1CC[C@H]2OCCC[C@]2(COCCN(C)C)C1. The van der Waals surface area contributed by atoms with Gasteiger partial charge in [0.05, 0.1) is 31.1 Å². The van der Waals surface area contributed by atoms with E-state index in [0.717, 1.165) is 39.0 Å². The predicted molar refractivity (Wildman–Crippen MR) is 94.7 cm³/mol. The lowest BCUT2D eigenvalue weighted by molar-refractivity contribution is -0.147. The molecular formula is C19H30N2O4. The highest BCUT2D eigenvalue weighted by Crippen LogP contribution is 2.41. The Hall–Kier alpha value is -1.37. The van der Waals surface area contributed by atoms with Crippen molar-refractivity contribution in [2.75, 3.05) is 53.6 Å². The molecule has 3 rings (SSSR count). The maximum atomic E-state index is 12.9. The van der Waals surface area contributed by atoms with Crippen LogP contribution in [0.25, 0.3) is 0 Å². The molecule has 0 unspecified atom stereocenters. The Morgan fingerprint density at radius 2 is 2.32 bits per heavy atom. The molecule has 2 atom stereocenters. The van der Waals surface area contributed by atoms with Gasteiger partial charge < -0.3 is 23.7 Å². The summed E-state index contributed by atoms with van der Waals surface area (Å²) in [4.78, 5) is 17.0. The highest BCUT2D eigenvalue weighted by atomic mass is 16.5. The quantitative estimate of drug-likeness (QED) is 0.736. The molecule has 140 valence electrons. The van der Waals surface area contributed by atoms with Crippen LogP contribution in [0.5, 0.6) is 0 Å². The van der Waals surface area contributed by atoms with Crippen LogP contribution in [0.3, 0.4) is 0 Å². The maximum Gasteiger partial charge on any atom is 0.257 e. The largest absolute Gasteiger partial charge is 0.469 e. The van der Waals surface area contributed by atoms with Crippen LogP contribution >= 0.6 is 0 Å². The number of carbonyl (C=O) groups excluding carboxylic acids is 1. The number of hydrogen-bond donors (Lipinski definition) is 0. The van der Waals surface area contributed by atoms with Crippen molar-refractivity contribution in [3.05, 3.63) is 23.7 Å². The van der Waals surface area contributed by atoms with Gasteiger partial charge in [0.15, 0.2) is 0 Å². The van der Waals surface area contributed by atoms with Gasteiger partial charge in [-0.3, -0.25) is 4.79 Å². The van der Waals surface area contributed by atoms with Gasteiger partial charge in [0.2, 0.25) is 0 Å². The molecule has 2 aliphatic rings. The molecule has 6 nitrogen and oxygen atoms in total. The van der Waals surface area contributed by atoms with Crippen LogP contribution in [0, 0.1) is 12.3 Å². The molecule has 0 N–H and O–H groups in total. The molecule has 2 saturated heterocycles. The van der Waals surface area contributed by atoms with Crippen molar-refractivity contribution in [1.82, 2.24) is 9.80 Å². The van der Waals surface area contributed by atoms with E-state index in [4.69, 9.17) is 13.9 Å². The van der Waals surface area contributed by atoms with Gasteiger partial charge >= 0.3 is 0 Å². The van der Waals surface area contributed by atoms with Crippen molar-refractivity contribution in [1.29, 1.82) is 0 Å². The molecule has 0 saturated carbocycles. The van der Waals surface area contributed by atoms with Crippen molar-refractivity contribution in [2.24, 2.45) is 5.41 Å². The normalized spacial score (nSPS) is 26.7. The summed E-state index contributed by atoms with van der Waals surface area (Å²) in [6.07, 6.45) is 4.72. The lowest BCUT2D eigenvalue weighted by atomic mass is 9.73. The second-order valence-corrected chi connectivity index (χ2v) is 7.59. The number of amides is 1. The van der Waals surface area contributed by atoms with E-state index in [1.807, 2.05) is 25.9 Å². The predicted octanol–water partition coefficient (Wildman–Crippen LogP) is 2.18. The van der Waals surface area contributed by atoms with Crippen molar-refractivity contribution in [3.8, 4) is 0 Å². The number of hydrogen-bond acceptors (Lipinski definition) is 5. The number of piperidine rings is 1. The minimum Gasteiger partial charge on any atom is -0.469 e. The van der Waals surface area contributed by atoms with Crippen LogP contribution in [0.4, 0.5) is 0 Å². The zero-order chi connectivity index (χ0) is 17.9. The second-order valence-electron chi connectivity index (χ2n) is 7.59. The Kier molecular flexibility index (Phi) is 5.81. The molecule has 2 aliphatic heterocycles. The summed E-state index contributed by atoms with van der Waals surface area (Å²) < 4.78 is 17.4. The fraction of sp³-hybridized carbons (Fsp3) is 0.737. The Morgan fingerprint density at radius 1 is 1.48 bits per heavy atom. The number of ether oxygens (including phenoxy) is 2. The first-order chi connectivity index (χ1) is 12.0. The van der Waals surface area contributed by atoms with Gasteiger partial charge in [-0.2, -0.15) is 0 Å². The highest BCUT2D eigenvalue weighted by molar-refractivity contribution is 5.95. The van der Waals surface area contributed by atoms with Crippen LogP contribution in [0.2, 0.25) is 0 Å². The van der Waals surface area contributed by atoms with Crippen molar-refractivity contribution >= 4 is 5.91 Å².